The highest BCUT2D eigenvalue weighted by molar-refractivity contribution is 5.94. The molecule has 1 aliphatic rings. The second-order valence-corrected chi connectivity index (χ2v) is 6.67. The van der Waals surface area contributed by atoms with Gasteiger partial charge in [-0.2, -0.15) is 0 Å². The minimum atomic E-state index is -0.237. The first-order chi connectivity index (χ1) is 11.9. The van der Waals surface area contributed by atoms with Crippen LogP contribution in [0.2, 0.25) is 0 Å². The van der Waals surface area contributed by atoms with E-state index in [0.29, 0.717) is 38.0 Å². The molecule has 1 N–H and O–H groups in total. The molecule has 6 nitrogen and oxygen atoms in total. The Kier molecular flexibility index (Phi) is 6.56. The van der Waals surface area contributed by atoms with Gasteiger partial charge in [0, 0.05) is 45.2 Å². The molecule has 0 radical (unpaired) electrons. The highest BCUT2D eigenvalue weighted by Crippen LogP contribution is 2.21. The molecule has 1 aromatic rings. The van der Waals surface area contributed by atoms with E-state index in [4.69, 9.17) is 0 Å². The topological polar surface area (TPSA) is 69.7 Å². The Morgan fingerprint density at radius 2 is 1.80 bits per heavy atom. The van der Waals surface area contributed by atoms with Crippen LogP contribution in [0.25, 0.3) is 0 Å². The van der Waals surface area contributed by atoms with Crippen molar-refractivity contribution in [3.05, 3.63) is 35.9 Å². The van der Waals surface area contributed by atoms with Crippen LogP contribution in [0.1, 0.15) is 30.1 Å². The van der Waals surface area contributed by atoms with Crippen LogP contribution in [-0.2, 0) is 9.59 Å². The fourth-order valence-electron chi connectivity index (χ4n) is 3.23. The van der Waals surface area contributed by atoms with Crippen LogP contribution < -0.4 is 5.32 Å². The Balaban J connectivity index is 1.85. The molecule has 0 spiro atoms. The van der Waals surface area contributed by atoms with Gasteiger partial charge in [-0.15, -0.1) is 0 Å². The Bertz CT molecular complexity index is 610. The quantitative estimate of drug-likeness (QED) is 0.876. The molecule has 0 aliphatic carbocycles. The van der Waals surface area contributed by atoms with Crippen LogP contribution in [-0.4, -0.2) is 61.3 Å². The summed E-state index contributed by atoms with van der Waals surface area (Å²) >= 11 is 0. The molecule has 0 aromatic heterocycles. The van der Waals surface area contributed by atoms with Crippen LogP contribution in [0, 0.1) is 11.8 Å². The zero-order valence-corrected chi connectivity index (χ0v) is 15.2. The maximum Gasteiger partial charge on any atom is 0.253 e. The third kappa shape index (κ3) is 4.81. The number of piperidine rings is 1. The van der Waals surface area contributed by atoms with Crippen molar-refractivity contribution in [2.24, 2.45) is 11.8 Å². The molecule has 1 fully saturated rings. The predicted octanol–water partition coefficient (Wildman–Crippen LogP) is 1.38. The van der Waals surface area contributed by atoms with E-state index in [1.54, 1.807) is 19.0 Å². The van der Waals surface area contributed by atoms with E-state index in [0.717, 1.165) is 0 Å². The van der Waals surface area contributed by atoms with Gasteiger partial charge in [0.15, 0.2) is 0 Å². The minimum absolute atomic E-state index is 0.0214. The average molecular weight is 345 g/mol. The molecule has 1 heterocycles. The lowest BCUT2D eigenvalue weighted by Crippen LogP contribution is -2.45. The Hall–Kier alpha value is -2.37. The van der Waals surface area contributed by atoms with Crippen molar-refractivity contribution in [2.45, 2.75) is 19.8 Å². The van der Waals surface area contributed by atoms with Crippen molar-refractivity contribution in [1.82, 2.24) is 15.1 Å². The Labute approximate surface area is 149 Å². The highest BCUT2D eigenvalue weighted by Gasteiger charge is 2.30. The number of hydrogen-bond donors (Lipinski definition) is 1. The number of nitrogens with zero attached hydrogens (tertiary/aromatic N) is 2. The highest BCUT2D eigenvalue weighted by atomic mass is 16.2. The van der Waals surface area contributed by atoms with Crippen molar-refractivity contribution in [3.8, 4) is 0 Å². The molecule has 2 rings (SSSR count). The lowest BCUT2D eigenvalue weighted by molar-refractivity contribution is -0.137. The number of likely N-dealkylation sites (tertiary alicyclic amines) is 1. The predicted molar refractivity (Wildman–Crippen MR) is 95.9 cm³/mol. The van der Waals surface area contributed by atoms with Crippen molar-refractivity contribution in [1.29, 1.82) is 0 Å². The number of rotatable bonds is 5. The Morgan fingerprint density at radius 3 is 2.36 bits per heavy atom. The molecule has 1 unspecified atom stereocenters. The third-order valence-electron chi connectivity index (χ3n) is 4.77. The first-order valence-corrected chi connectivity index (χ1v) is 8.75. The van der Waals surface area contributed by atoms with Crippen LogP contribution in [0.3, 0.4) is 0 Å². The summed E-state index contributed by atoms with van der Waals surface area (Å²) in [5, 5.41) is 2.60. The van der Waals surface area contributed by atoms with Crippen LogP contribution >= 0.6 is 0 Å². The van der Waals surface area contributed by atoms with Crippen molar-refractivity contribution < 1.29 is 14.4 Å². The first-order valence-electron chi connectivity index (χ1n) is 8.75. The smallest absolute Gasteiger partial charge is 0.253 e. The summed E-state index contributed by atoms with van der Waals surface area (Å²) < 4.78 is 0. The molecular formula is C19H27N3O3. The van der Waals surface area contributed by atoms with E-state index in [9.17, 15) is 14.4 Å². The number of hydrogen-bond acceptors (Lipinski definition) is 3. The molecule has 1 aliphatic heterocycles. The van der Waals surface area contributed by atoms with Crippen molar-refractivity contribution in [2.75, 3.05) is 33.7 Å². The van der Waals surface area contributed by atoms with Gasteiger partial charge in [-0.1, -0.05) is 25.1 Å². The minimum Gasteiger partial charge on any atom is -0.359 e. The van der Waals surface area contributed by atoms with Crippen LogP contribution in [0.15, 0.2) is 30.3 Å². The van der Waals surface area contributed by atoms with E-state index in [1.165, 1.54) is 0 Å². The number of amides is 3. The fourth-order valence-corrected chi connectivity index (χ4v) is 3.23. The first kappa shape index (κ1) is 19.0. The molecule has 0 saturated carbocycles. The van der Waals surface area contributed by atoms with Gasteiger partial charge in [-0.3, -0.25) is 14.4 Å². The van der Waals surface area contributed by atoms with Gasteiger partial charge in [0.25, 0.3) is 5.91 Å². The second-order valence-electron chi connectivity index (χ2n) is 6.67. The molecule has 1 atom stereocenters. The van der Waals surface area contributed by atoms with E-state index >= 15 is 0 Å². The van der Waals surface area contributed by atoms with Gasteiger partial charge in [0.1, 0.15) is 0 Å². The third-order valence-corrected chi connectivity index (χ3v) is 4.77. The van der Waals surface area contributed by atoms with Gasteiger partial charge < -0.3 is 15.1 Å². The van der Waals surface area contributed by atoms with E-state index in [2.05, 4.69) is 5.32 Å². The molecule has 1 saturated heterocycles. The summed E-state index contributed by atoms with van der Waals surface area (Å²) in [5.74, 6) is -0.306. The Morgan fingerprint density at radius 1 is 1.20 bits per heavy atom. The van der Waals surface area contributed by atoms with E-state index < -0.39 is 0 Å². The summed E-state index contributed by atoms with van der Waals surface area (Å²) in [5.41, 5.74) is 0.684. The van der Waals surface area contributed by atoms with Gasteiger partial charge in [-0.25, -0.2) is 0 Å². The average Bonchev–Trinajstić information content (AvgIpc) is 2.66. The van der Waals surface area contributed by atoms with E-state index in [1.807, 2.05) is 42.2 Å². The van der Waals surface area contributed by atoms with Crippen LogP contribution in [0.5, 0.6) is 0 Å². The number of carbonyl (C=O) groups is 3. The summed E-state index contributed by atoms with van der Waals surface area (Å²) in [7, 11) is 3.34. The summed E-state index contributed by atoms with van der Waals surface area (Å²) in [6, 6.07) is 9.22. The maximum atomic E-state index is 12.6. The number of carbonyl (C=O) groups excluding carboxylic acids is 3. The maximum absolute atomic E-state index is 12.6. The zero-order valence-electron chi connectivity index (χ0n) is 15.2. The van der Waals surface area contributed by atoms with Crippen molar-refractivity contribution >= 4 is 17.7 Å². The molecular weight excluding hydrogens is 318 g/mol. The summed E-state index contributed by atoms with van der Waals surface area (Å²) in [6.07, 6.45) is 1.33. The van der Waals surface area contributed by atoms with Gasteiger partial charge in [0.2, 0.25) is 11.8 Å². The zero-order chi connectivity index (χ0) is 18.4. The van der Waals surface area contributed by atoms with Gasteiger partial charge in [-0.05, 0) is 25.0 Å². The van der Waals surface area contributed by atoms with Crippen molar-refractivity contribution in [3.63, 3.8) is 0 Å². The standard InChI is InChI=1S/C19H27N3O3/c1-14(17(23)20-2)13-21(3)18(24)16-9-11-22(12-10-16)19(25)15-7-5-4-6-8-15/h4-8,14,16H,9-13H2,1-3H3,(H,20,23). The SMILES string of the molecule is CNC(=O)C(C)CN(C)C(=O)C1CCN(C(=O)c2ccccc2)CC1. The van der Waals surface area contributed by atoms with E-state index in [-0.39, 0.29) is 29.6 Å². The van der Waals surface area contributed by atoms with Gasteiger partial charge in [0.05, 0.1) is 5.92 Å². The lowest BCUT2D eigenvalue weighted by atomic mass is 9.94. The molecule has 1 aromatic carbocycles. The van der Waals surface area contributed by atoms with Gasteiger partial charge >= 0.3 is 0 Å². The monoisotopic (exact) mass is 345 g/mol. The fraction of sp³-hybridized carbons (Fsp3) is 0.526. The second kappa shape index (κ2) is 8.65. The number of nitrogens with one attached hydrogen (secondary N) is 1. The van der Waals surface area contributed by atoms with Crippen LogP contribution in [0.4, 0.5) is 0 Å². The normalized spacial score (nSPS) is 16.2. The number of benzene rings is 1. The molecule has 0 bridgehead atoms. The summed E-state index contributed by atoms with van der Waals surface area (Å²) in [6.45, 7) is 3.39. The summed E-state index contributed by atoms with van der Waals surface area (Å²) in [4.78, 5) is 40.1. The molecule has 136 valence electrons. The largest absolute Gasteiger partial charge is 0.359 e. The molecule has 25 heavy (non-hydrogen) atoms. The molecule has 3 amide bonds. The molecule has 6 heteroatoms. The lowest BCUT2D eigenvalue weighted by Gasteiger charge is -2.33.